The first-order valence-corrected chi connectivity index (χ1v) is 16.1. The second-order valence-electron chi connectivity index (χ2n) is 13.1. The molecule has 3 aliphatic rings. The second kappa shape index (κ2) is 11.6. The number of nitrogens with zero attached hydrogens (tertiary/aromatic N) is 6. The van der Waals surface area contributed by atoms with Crippen LogP contribution in [0, 0.1) is 16.7 Å². The lowest BCUT2D eigenvalue weighted by Gasteiger charge is -2.54. The van der Waals surface area contributed by atoms with Crippen molar-refractivity contribution in [3.8, 4) is 23.3 Å². The van der Waals surface area contributed by atoms with Crippen LogP contribution in [0.5, 0.6) is 17.2 Å². The van der Waals surface area contributed by atoms with Crippen LogP contribution in [-0.2, 0) is 23.6 Å². The van der Waals surface area contributed by atoms with Crippen LogP contribution in [0.15, 0.2) is 48.7 Å². The van der Waals surface area contributed by atoms with Crippen LogP contribution in [0.2, 0.25) is 5.02 Å². The van der Waals surface area contributed by atoms with E-state index in [1.165, 1.54) is 7.11 Å². The fraction of sp³-hybridized carbons (Fsp3) is 0.429. The standard InChI is InChI=1S/C35H37ClN6O5/c1-34(2,19-37)20-42-26-15-21(33(43)45-5)16-28(44-4)31(26)39-30(42)18-40-13-14-41(24-11-10-23(24)40)25-7-6-8-27-32(25)47-35(3,46-27)29-12-9-22(36)17-38-29/h6-9,12,15-17,23-24H,10-11,13-14,18,20H2,1-5H3/t23-,24-,35-/m0/s1. The first kappa shape index (κ1) is 31.1. The summed E-state index contributed by atoms with van der Waals surface area (Å²) in [5.74, 6) is 1.21. The Morgan fingerprint density at radius 3 is 2.64 bits per heavy atom. The summed E-state index contributed by atoms with van der Waals surface area (Å²) in [6, 6.07) is 16.1. The Morgan fingerprint density at radius 1 is 1.15 bits per heavy atom. The molecule has 2 aromatic carbocycles. The van der Waals surface area contributed by atoms with Crippen molar-refractivity contribution >= 4 is 34.3 Å². The molecule has 4 aromatic rings. The van der Waals surface area contributed by atoms with Gasteiger partial charge in [-0.3, -0.25) is 9.88 Å². The average molecular weight is 657 g/mol. The monoisotopic (exact) mass is 656 g/mol. The summed E-state index contributed by atoms with van der Waals surface area (Å²) >= 11 is 6.08. The molecule has 12 heteroatoms. The third-order valence-electron chi connectivity index (χ3n) is 9.50. The van der Waals surface area contributed by atoms with Gasteiger partial charge in [-0.2, -0.15) is 5.26 Å². The zero-order valence-corrected chi connectivity index (χ0v) is 27.9. The molecule has 1 saturated carbocycles. The zero-order chi connectivity index (χ0) is 33.1. The van der Waals surface area contributed by atoms with Gasteiger partial charge in [0.15, 0.2) is 11.5 Å². The van der Waals surface area contributed by atoms with E-state index in [4.69, 9.17) is 35.5 Å². The Balaban J connectivity index is 1.17. The molecule has 4 heterocycles. The Hall–Kier alpha value is -4.53. The Kier molecular flexibility index (Phi) is 7.68. The molecule has 2 fully saturated rings. The highest BCUT2D eigenvalue weighted by Gasteiger charge is 2.47. The van der Waals surface area contributed by atoms with Crippen molar-refractivity contribution in [3.63, 3.8) is 0 Å². The van der Waals surface area contributed by atoms with Gasteiger partial charge in [0.1, 0.15) is 22.8 Å². The number of esters is 1. The van der Waals surface area contributed by atoms with Gasteiger partial charge in [0, 0.05) is 44.8 Å². The van der Waals surface area contributed by atoms with Crippen LogP contribution in [0.25, 0.3) is 11.0 Å². The third kappa shape index (κ3) is 5.39. The number of imidazole rings is 1. The number of benzene rings is 2. The van der Waals surface area contributed by atoms with Crippen molar-refractivity contribution in [1.82, 2.24) is 19.4 Å². The zero-order valence-electron chi connectivity index (χ0n) is 27.1. The van der Waals surface area contributed by atoms with E-state index in [9.17, 15) is 10.1 Å². The molecule has 7 rings (SSSR count). The van der Waals surface area contributed by atoms with E-state index in [-0.39, 0.29) is 6.04 Å². The summed E-state index contributed by atoms with van der Waals surface area (Å²) in [4.78, 5) is 27.0. The van der Waals surface area contributed by atoms with Crippen molar-refractivity contribution in [2.75, 3.05) is 32.2 Å². The minimum absolute atomic E-state index is 0.285. The highest BCUT2D eigenvalue weighted by Crippen LogP contribution is 2.51. The molecule has 0 unspecified atom stereocenters. The fourth-order valence-corrected chi connectivity index (χ4v) is 7.06. The summed E-state index contributed by atoms with van der Waals surface area (Å²) in [6.45, 7) is 8.28. The molecule has 11 nitrogen and oxygen atoms in total. The number of carbonyl (C=O) groups excluding carboxylic acids is 1. The van der Waals surface area contributed by atoms with Crippen LogP contribution in [0.4, 0.5) is 5.69 Å². The molecule has 244 valence electrons. The molecule has 0 amide bonds. The van der Waals surface area contributed by atoms with Crippen molar-refractivity contribution in [3.05, 3.63) is 70.8 Å². The predicted octanol–water partition coefficient (Wildman–Crippen LogP) is 5.93. The third-order valence-corrected chi connectivity index (χ3v) is 9.72. The molecule has 47 heavy (non-hydrogen) atoms. The molecular weight excluding hydrogens is 620 g/mol. The topological polar surface area (TPSA) is 115 Å². The number of anilines is 1. The van der Waals surface area contributed by atoms with E-state index in [2.05, 4.69) is 31.5 Å². The maximum Gasteiger partial charge on any atom is 0.338 e. The van der Waals surface area contributed by atoms with E-state index in [0.29, 0.717) is 52.4 Å². The molecule has 0 N–H and O–H groups in total. The first-order chi connectivity index (χ1) is 22.5. The lowest BCUT2D eigenvalue weighted by molar-refractivity contribution is -0.0717. The molecular formula is C35H37ClN6O5. The van der Waals surface area contributed by atoms with E-state index in [0.717, 1.165) is 48.7 Å². The summed E-state index contributed by atoms with van der Waals surface area (Å²) in [5, 5.41) is 10.5. The Labute approximate surface area is 278 Å². The van der Waals surface area contributed by atoms with Gasteiger partial charge >= 0.3 is 5.97 Å². The number of carbonyl (C=O) groups is 1. The van der Waals surface area contributed by atoms with Gasteiger partial charge < -0.3 is 28.4 Å². The number of nitriles is 1. The predicted molar refractivity (Wildman–Crippen MR) is 176 cm³/mol. The minimum atomic E-state index is -1.06. The van der Waals surface area contributed by atoms with Crippen LogP contribution in [-0.4, -0.2) is 64.8 Å². The van der Waals surface area contributed by atoms with E-state index in [1.807, 2.05) is 39.0 Å². The first-order valence-electron chi connectivity index (χ1n) is 15.7. The summed E-state index contributed by atoms with van der Waals surface area (Å²) < 4.78 is 25.6. The molecule has 3 atom stereocenters. The molecule has 0 radical (unpaired) electrons. The maximum atomic E-state index is 12.5. The number of para-hydroxylation sites is 1. The van der Waals surface area contributed by atoms with Crippen LogP contribution in [0.1, 0.15) is 55.5 Å². The molecule has 0 spiro atoms. The maximum absolute atomic E-state index is 12.5. The number of fused-ring (bicyclic) bond motifs is 3. The SMILES string of the molecule is COC(=O)c1cc(OC)c2nc(CN3CCN(c4cccc5c4O[C@@](C)(c4ccc(Cl)cn4)O5)[C@H]4CC[C@@H]43)n(CC(C)(C)C#N)c2c1. The summed E-state index contributed by atoms with van der Waals surface area (Å²) in [5.41, 5.74) is 2.76. The van der Waals surface area contributed by atoms with Crippen LogP contribution < -0.4 is 19.1 Å². The van der Waals surface area contributed by atoms with Crippen molar-refractivity contribution in [1.29, 1.82) is 5.26 Å². The Bertz CT molecular complexity index is 1900. The lowest BCUT2D eigenvalue weighted by atomic mass is 9.81. The minimum Gasteiger partial charge on any atom is -0.494 e. The summed E-state index contributed by atoms with van der Waals surface area (Å²) in [7, 11) is 2.92. The highest BCUT2D eigenvalue weighted by molar-refractivity contribution is 6.30. The van der Waals surface area contributed by atoms with Crippen molar-refractivity contribution < 1.29 is 23.7 Å². The number of aromatic nitrogens is 3. The molecule has 0 bridgehead atoms. The average Bonchev–Trinajstić information content (AvgIpc) is 3.57. The number of rotatable bonds is 8. The number of ether oxygens (including phenoxy) is 4. The smallest absolute Gasteiger partial charge is 0.338 e. The largest absolute Gasteiger partial charge is 0.494 e. The lowest BCUT2D eigenvalue weighted by Crippen LogP contribution is -2.64. The number of pyridine rings is 1. The number of piperazine rings is 1. The van der Waals surface area contributed by atoms with Gasteiger partial charge in [-0.05, 0) is 63.1 Å². The second-order valence-corrected chi connectivity index (χ2v) is 13.6. The van der Waals surface area contributed by atoms with Crippen LogP contribution >= 0.6 is 11.6 Å². The number of halogens is 1. The quantitative estimate of drug-likeness (QED) is 0.212. The molecule has 1 aliphatic carbocycles. The van der Waals surface area contributed by atoms with Crippen molar-refractivity contribution in [2.24, 2.45) is 5.41 Å². The van der Waals surface area contributed by atoms with E-state index >= 15 is 0 Å². The normalized spacial score (nSPS) is 22.0. The number of methoxy groups -OCH3 is 2. The van der Waals surface area contributed by atoms with Gasteiger partial charge in [0.05, 0.1) is 54.0 Å². The van der Waals surface area contributed by atoms with Gasteiger partial charge in [0.2, 0.25) is 0 Å². The molecule has 2 aliphatic heterocycles. The van der Waals surface area contributed by atoms with Gasteiger partial charge in [-0.15, -0.1) is 0 Å². The van der Waals surface area contributed by atoms with E-state index in [1.54, 1.807) is 31.5 Å². The fourth-order valence-electron chi connectivity index (χ4n) is 6.95. The Morgan fingerprint density at radius 2 is 1.96 bits per heavy atom. The highest BCUT2D eigenvalue weighted by atomic mass is 35.5. The molecule has 1 saturated heterocycles. The van der Waals surface area contributed by atoms with Crippen LogP contribution in [0.3, 0.4) is 0 Å². The van der Waals surface area contributed by atoms with Gasteiger partial charge in [-0.1, -0.05) is 17.7 Å². The van der Waals surface area contributed by atoms with Gasteiger partial charge in [-0.25, -0.2) is 9.78 Å². The van der Waals surface area contributed by atoms with Gasteiger partial charge in [0.25, 0.3) is 5.79 Å². The molecule has 2 aromatic heterocycles. The van der Waals surface area contributed by atoms with E-state index < -0.39 is 17.2 Å². The number of hydrogen-bond donors (Lipinski definition) is 0. The number of hydrogen-bond acceptors (Lipinski definition) is 10. The summed E-state index contributed by atoms with van der Waals surface area (Å²) in [6.07, 6.45) is 3.70. The van der Waals surface area contributed by atoms with Crippen molar-refractivity contribution in [2.45, 2.75) is 64.6 Å².